The Morgan fingerprint density at radius 2 is 2.07 bits per heavy atom. The molecule has 0 bridgehead atoms. The summed E-state index contributed by atoms with van der Waals surface area (Å²) in [5.74, 6) is 1.32. The first-order valence-corrected chi connectivity index (χ1v) is 10.0. The van der Waals surface area contributed by atoms with Crippen LogP contribution in [-0.4, -0.2) is 56.9 Å². The van der Waals surface area contributed by atoms with Gasteiger partial charge in [0.2, 0.25) is 0 Å². The lowest BCUT2D eigenvalue weighted by atomic mass is 10.1. The summed E-state index contributed by atoms with van der Waals surface area (Å²) >= 11 is 0. The number of nitrogens with zero attached hydrogens (tertiary/aromatic N) is 2. The number of hydrogen-bond acceptors (Lipinski definition) is 4. The molecule has 0 aromatic heterocycles. The molecule has 1 fully saturated rings. The van der Waals surface area contributed by atoms with Crippen LogP contribution in [0, 0.1) is 5.82 Å². The van der Waals surface area contributed by atoms with Crippen molar-refractivity contribution in [1.82, 2.24) is 15.5 Å². The van der Waals surface area contributed by atoms with E-state index in [1.54, 1.807) is 6.07 Å². The van der Waals surface area contributed by atoms with Crippen LogP contribution >= 0.6 is 0 Å². The molecule has 0 unspecified atom stereocenters. The summed E-state index contributed by atoms with van der Waals surface area (Å²) in [7, 11) is 0. The molecule has 0 radical (unpaired) electrons. The van der Waals surface area contributed by atoms with Gasteiger partial charge in [0.05, 0.1) is 13.2 Å². The van der Waals surface area contributed by atoms with Gasteiger partial charge in [0.15, 0.2) is 12.8 Å². The summed E-state index contributed by atoms with van der Waals surface area (Å²) in [6.07, 6.45) is 4.61. The van der Waals surface area contributed by atoms with E-state index in [4.69, 9.17) is 9.47 Å². The summed E-state index contributed by atoms with van der Waals surface area (Å²) in [5, 5.41) is 6.62. The van der Waals surface area contributed by atoms with Crippen LogP contribution in [0.25, 0.3) is 0 Å². The van der Waals surface area contributed by atoms with E-state index in [-0.39, 0.29) is 12.6 Å². The summed E-state index contributed by atoms with van der Waals surface area (Å²) < 4.78 is 24.6. The second-order valence-electron chi connectivity index (χ2n) is 7.00. The standard InChI is InChI=1S/C20H31FN4O2/c1-2-22-20(24-8-11-25-9-4-3-5-10-25)23-7-6-16-12-18(21)13-17-14-26-15-27-19(16)17/h12-13H,2-11,14-15H2,1H3,(H2,22,23,24). The van der Waals surface area contributed by atoms with Gasteiger partial charge in [-0.3, -0.25) is 4.99 Å². The van der Waals surface area contributed by atoms with Gasteiger partial charge in [0.1, 0.15) is 11.6 Å². The van der Waals surface area contributed by atoms with Gasteiger partial charge in [-0.25, -0.2) is 4.39 Å². The number of fused-ring (bicyclic) bond motifs is 1. The van der Waals surface area contributed by atoms with Crippen molar-refractivity contribution in [2.24, 2.45) is 4.99 Å². The zero-order valence-electron chi connectivity index (χ0n) is 16.2. The Morgan fingerprint density at radius 3 is 2.89 bits per heavy atom. The number of guanidine groups is 1. The molecule has 2 N–H and O–H groups in total. The molecule has 0 saturated carbocycles. The molecule has 150 valence electrons. The van der Waals surface area contributed by atoms with Crippen molar-refractivity contribution < 1.29 is 13.9 Å². The van der Waals surface area contributed by atoms with Crippen LogP contribution in [0.5, 0.6) is 5.75 Å². The van der Waals surface area contributed by atoms with E-state index in [0.717, 1.165) is 42.5 Å². The van der Waals surface area contributed by atoms with Crippen molar-refractivity contribution in [1.29, 1.82) is 0 Å². The zero-order valence-corrected chi connectivity index (χ0v) is 16.2. The van der Waals surface area contributed by atoms with Crippen molar-refractivity contribution >= 4 is 5.96 Å². The van der Waals surface area contributed by atoms with Gasteiger partial charge in [-0.1, -0.05) is 6.42 Å². The van der Waals surface area contributed by atoms with Gasteiger partial charge in [-0.05, 0) is 57.0 Å². The van der Waals surface area contributed by atoms with Crippen LogP contribution in [-0.2, 0) is 17.8 Å². The van der Waals surface area contributed by atoms with Gasteiger partial charge in [0.25, 0.3) is 0 Å². The minimum absolute atomic E-state index is 0.222. The Kier molecular flexibility index (Phi) is 7.71. The Morgan fingerprint density at radius 1 is 1.22 bits per heavy atom. The Balaban J connectivity index is 1.50. The molecule has 2 aliphatic rings. The molecular weight excluding hydrogens is 347 g/mol. The van der Waals surface area contributed by atoms with Crippen molar-refractivity contribution in [3.63, 3.8) is 0 Å². The molecule has 6 nitrogen and oxygen atoms in total. The van der Waals surface area contributed by atoms with Crippen LogP contribution in [0.1, 0.15) is 37.3 Å². The number of benzene rings is 1. The van der Waals surface area contributed by atoms with Crippen LogP contribution in [0.3, 0.4) is 0 Å². The second-order valence-corrected chi connectivity index (χ2v) is 7.00. The van der Waals surface area contributed by atoms with Crippen LogP contribution < -0.4 is 15.4 Å². The lowest BCUT2D eigenvalue weighted by molar-refractivity contribution is -0.0172. The largest absolute Gasteiger partial charge is 0.467 e. The van der Waals surface area contributed by atoms with E-state index < -0.39 is 0 Å². The van der Waals surface area contributed by atoms with Crippen molar-refractivity contribution in [3.05, 3.63) is 29.1 Å². The van der Waals surface area contributed by atoms with E-state index in [9.17, 15) is 4.39 Å². The lowest BCUT2D eigenvalue weighted by Gasteiger charge is -2.25. The summed E-state index contributed by atoms with van der Waals surface area (Å²) in [6.45, 7) is 8.31. The quantitative estimate of drug-likeness (QED) is 0.563. The zero-order chi connectivity index (χ0) is 18.9. The van der Waals surface area contributed by atoms with E-state index in [1.807, 2.05) is 0 Å². The highest BCUT2D eigenvalue weighted by atomic mass is 19.1. The van der Waals surface area contributed by atoms with Crippen molar-refractivity contribution in [3.8, 4) is 5.75 Å². The SMILES string of the molecule is CCNC(=NCCN1CCCCC1)NCCc1cc(F)cc2c1OCOC2. The van der Waals surface area contributed by atoms with E-state index in [2.05, 4.69) is 27.4 Å². The first-order chi connectivity index (χ1) is 13.3. The predicted octanol–water partition coefficient (Wildman–Crippen LogP) is 2.28. The van der Waals surface area contributed by atoms with Crippen LogP contribution in [0.15, 0.2) is 17.1 Å². The summed E-state index contributed by atoms with van der Waals surface area (Å²) in [5.41, 5.74) is 1.64. The highest BCUT2D eigenvalue weighted by Crippen LogP contribution is 2.29. The Bertz CT molecular complexity index is 633. The number of hydrogen-bond donors (Lipinski definition) is 2. The fourth-order valence-corrected chi connectivity index (χ4v) is 3.59. The van der Waals surface area contributed by atoms with Gasteiger partial charge < -0.3 is 25.0 Å². The average molecular weight is 378 g/mol. The van der Waals surface area contributed by atoms with Gasteiger partial charge >= 0.3 is 0 Å². The lowest BCUT2D eigenvalue weighted by Crippen LogP contribution is -2.39. The Labute approximate surface area is 161 Å². The average Bonchev–Trinajstić information content (AvgIpc) is 2.68. The van der Waals surface area contributed by atoms with Crippen LogP contribution in [0.2, 0.25) is 0 Å². The van der Waals surface area contributed by atoms with E-state index in [0.29, 0.717) is 19.6 Å². The normalized spacial score (nSPS) is 17.9. The van der Waals surface area contributed by atoms with Crippen molar-refractivity contribution in [2.45, 2.75) is 39.2 Å². The number of nitrogens with one attached hydrogen (secondary N) is 2. The molecule has 1 aromatic carbocycles. The summed E-state index contributed by atoms with van der Waals surface area (Å²) in [4.78, 5) is 7.15. The number of likely N-dealkylation sites (tertiary alicyclic amines) is 1. The molecule has 1 saturated heterocycles. The second kappa shape index (κ2) is 10.5. The topological polar surface area (TPSA) is 58.1 Å². The van der Waals surface area contributed by atoms with E-state index >= 15 is 0 Å². The monoisotopic (exact) mass is 378 g/mol. The van der Waals surface area contributed by atoms with Gasteiger partial charge in [-0.2, -0.15) is 0 Å². The molecular formula is C20H31FN4O2. The molecule has 0 aliphatic carbocycles. The van der Waals surface area contributed by atoms with Gasteiger partial charge in [-0.15, -0.1) is 0 Å². The fourth-order valence-electron chi connectivity index (χ4n) is 3.59. The molecule has 7 heteroatoms. The third-order valence-electron chi connectivity index (χ3n) is 4.92. The molecule has 1 aromatic rings. The molecule has 27 heavy (non-hydrogen) atoms. The molecule has 0 spiro atoms. The molecule has 0 atom stereocenters. The smallest absolute Gasteiger partial charge is 0.191 e. The maximum absolute atomic E-state index is 13.8. The minimum atomic E-state index is -0.250. The first kappa shape index (κ1) is 19.9. The first-order valence-electron chi connectivity index (χ1n) is 10.0. The third-order valence-corrected chi connectivity index (χ3v) is 4.92. The maximum Gasteiger partial charge on any atom is 0.191 e. The van der Waals surface area contributed by atoms with Crippen molar-refractivity contribution in [2.75, 3.05) is 46.1 Å². The highest BCUT2D eigenvalue weighted by Gasteiger charge is 2.16. The molecule has 0 amide bonds. The fraction of sp³-hybridized carbons (Fsp3) is 0.650. The van der Waals surface area contributed by atoms with E-state index in [1.165, 1.54) is 38.4 Å². The Hall–Kier alpha value is -1.86. The van der Waals surface area contributed by atoms with Gasteiger partial charge in [0, 0.05) is 25.2 Å². The number of piperidine rings is 1. The predicted molar refractivity (Wildman–Crippen MR) is 105 cm³/mol. The number of aliphatic imine (C=N–C) groups is 1. The highest BCUT2D eigenvalue weighted by molar-refractivity contribution is 5.79. The number of ether oxygens (including phenoxy) is 2. The molecule has 3 rings (SSSR count). The minimum Gasteiger partial charge on any atom is -0.467 e. The summed E-state index contributed by atoms with van der Waals surface area (Å²) in [6, 6.07) is 3.03. The maximum atomic E-state index is 13.8. The third kappa shape index (κ3) is 6.07. The molecule has 2 aliphatic heterocycles. The van der Waals surface area contributed by atoms with Crippen LogP contribution in [0.4, 0.5) is 4.39 Å². The molecule has 2 heterocycles. The number of rotatable bonds is 7. The number of halogens is 1.